The molecule has 0 bridgehead atoms. The number of esters is 1. The van der Waals surface area contributed by atoms with E-state index in [1.54, 1.807) is 55.5 Å². The van der Waals surface area contributed by atoms with Gasteiger partial charge in [-0.15, -0.1) is 0 Å². The van der Waals surface area contributed by atoms with Crippen molar-refractivity contribution in [3.05, 3.63) is 115 Å². The molecular weight excluding hydrogens is 516 g/mol. The van der Waals surface area contributed by atoms with Crippen molar-refractivity contribution in [1.82, 2.24) is 4.57 Å². The zero-order valence-electron chi connectivity index (χ0n) is 21.6. The van der Waals surface area contributed by atoms with Gasteiger partial charge in [-0.3, -0.25) is 9.36 Å². The highest BCUT2D eigenvalue weighted by molar-refractivity contribution is 7.07. The molecule has 0 saturated heterocycles. The van der Waals surface area contributed by atoms with Crippen molar-refractivity contribution in [2.24, 2.45) is 4.99 Å². The van der Waals surface area contributed by atoms with Gasteiger partial charge in [0.25, 0.3) is 5.56 Å². The maximum absolute atomic E-state index is 14.0. The number of phenolic OH excluding ortho intramolecular Hbond substituents is 1. The molecule has 2 heterocycles. The maximum Gasteiger partial charge on any atom is 0.338 e. The third-order valence-electron chi connectivity index (χ3n) is 6.29. The summed E-state index contributed by atoms with van der Waals surface area (Å²) in [6.45, 7) is 1.88. The fourth-order valence-electron chi connectivity index (χ4n) is 4.58. The zero-order chi connectivity index (χ0) is 27.5. The number of aromatic hydroxyl groups is 1. The van der Waals surface area contributed by atoms with Gasteiger partial charge in [0.05, 0.1) is 36.6 Å². The van der Waals surface area contributed by atoms with E-state index in [0.29, 0.717) is 37.7 Å². The highest BCUT2D eigenvalue weighted by Crippen LogP contribution is 2.42. The SMILES string of the molecule is CCOC(=O)C1=C(c2ccccc2)N=c2sc(=Cc3ccc(O)cc3)c(=O)n2[C@@H]1c1cccc(OC)c1OC. The lowest BCUT2D eigenvalue weighted by molar-refractivity contribution is -0.138. The molecule has 1 aromatic heterocycles. The van der Waals surface area contributed by atoms with Crippen LogP contribution >= 0.6 is 11.3 Å². The van der Waals surface area contributed by atoms with Crippen molar-refractivity contribution in [3.8, 4) is 17.2 Å². The summed E-state index contributed by atoms with van der Waals surface area (Å²) in [7, 11) is 3.05. The number of nitrogens with zero attached hydrogens (tertiary/aromatic N) is 2. The molecule has 5 rings (SSSR count). The van der Waals surface area contributed by atoms with Gasteiger partial charge in [0.1, 0.15) is 11.8 Å². The fraction of sp³-hybridized carbons (Fsp3) is 0.167. The van der Waals surface area contributed by atoms with E-state index in [0.717, 1.165) is 5.56 Å². The summed E-state index contributed by atoms with van der Waals surface area (Å²) < 4.78 is 18.7. The molecule has 9 heteroatoms. The third-order valence-corrected chi connectivity index (χ3v) is 7.28. The van der Waals surface area contributed by atoms with Gasteiger partial charge in [-0.25, -0.2) is 9.79 Å². The summed E-state index contributed by atoms with van der Waals surface area (Å²) in [5, 5.41) is 9.66. The minimum absolute atomic E-state index is 0.130. The lowest BCUT2D eigenvalue weighted by atomic mass is 9.92. The van der Waals surface area contributed by atoms with Crippen molar-refractivity contribution in [3.63, 3.8) is 0 Å². The Hall–Kier alpha value is -4.63. The van der Waals surface area contributed by atoms with Crippen molar-refractivity contribution in [2.45, 2.75) is 13.0 Å². The Bertz CT molecular complexity index is 1740. The Morgan fingerprint density at radius 3 is 2.44 bits per heavy atom. The quantitative estimate of drug-likeness (QED) is 0.358. The molecule has 39 heavy (non-hydrogen) atoms. The molecule has 4 aromatic rings. The van der Waals surface area contributed by atoms with Crippen LogP contribution in [-0.2, 0) is 9.53 Å². The van der Waals surface area contributed by atoms with Gasteiger partial charge in [0.2, 0.25) is 0 Å². The lowest BCUT2D eigenvalue weighted by Crippen LogP contribution is -2.40. The Kier molecular flexibility index (Phi) is 7.33. The van der Waals surface area contributed by atoms with Gasteiger partial charge in [0, 0.05) is 11.1 Å². The predicted molar refractivity (Wildman–Crippen MR) is 149 cm³/mol. The van der Waals surface area contributed by atoms with Crippen LogP contribution in [0.4, 0.5) is 0 Å². The van der Waals surface area contributed by atoms with E-state index in [1.165, 1.54) is 30.1 Å². The zero-order valence-corrected chi connectivity index (χ0v) is 22.4. The minimum atomic E-state index is -0.900. The van der Waals surface area contributed by atoms with Crippen molar-refractivity contribution < 1.29 is 24.1 Å². The van der Waals surface area contributed by atoms with Crippen molar-refractivity contribution in [1.29, 1.82) is 0 Å². The number of para-hydroxylation sites is 1. The summed E-state index contributed by atoms with van der Waals surface area (Å²) in [6, 6.07) is 20.3. The van der Waals surface area contributed by atoms with Crippen LogP contribution < -0.4 is 24.4 Å². The van der Waals surface area contributed by atoms with Gasteiger partial charge in [-0.05, 0) is 36.8 Å². The summed E-state index contributed by atoms with van der Waals surface area (Å²) in [6.07, 6.45) is 1.74. The molecule has 3 aromatic carbocycles. The van der Waals surface area contributed by atoms with Gasteiger partial charge in [0.15, 0.2) is 16.3 Å². The second-order valence-electron chi connectivity index (χ2n) is 8.61. The molecule has 1 N–H and O–H groups in total. The molecule has 198 valence electrons. The first-order chi connectivity index (χ1) is 19.0. The lowest BCUT2D eigenvalue weighted by Gasteiger charge is -2.27. The summed E-state index contributed by atoms with van der Waals surface area (Å²) in [5.74, 6) is 0.407. The van der Waals surface area contributed by atoms with E-state index in [4.69, 9.17) is 19.2 Å². The molecule has 1 atom stereocenters. The summed E-state index contributed by atoms with van der Waals surface area (Å²) in [4.78, 5) is 32.9. The molecule has 1 aliphatic heterocycles. The van der Waals surface area contributed by atoms with E-state index in [9.17, 15) is 14.7 Å². The largest absolute Gasteiger partial charge is 0.508 e. The van der Waals surface area contributed by atoms with E-state index in [-0.39, 0.29) is 23.5 Å². The number of carbonyl (C=O) groups excluding carboxylic acids is 1. The summed E-state index contributed by atoms with van der Waals surface area (Å²) >= 11 is 1.22. The van der Waals surface area contributed by atoms with Gasteiger partial charge in [-0.2, -0.15) is 0 Å². The van der Waals surface area contributed by atoms with E-state index in [2.05, 4.69) is 0 Å². The Labute approximate surface area is 228 Å². The smallest absolute Gasteiger partial charge is 0.338 e. The molecule has 0 fully saturated rings. The topological polar surface area (TPSA) is 99.4 Å². The van der Waals surface area contributed by atoms with Crippen LogP contribution in [0.3, 0.4) is 0 Å². The highest BCUT2D eigenvalue weighted by atomic mass is 32.1. The van der Waals surface area contributed by atoms with Crippen LogP contribution in [0.15, 0.2) is 88.2 Å². The number of thiazole rings is 1. The molecule has 0 saturated carbocycles. The third kappa shape index (κ3) is 4.84. The van der Waals surface area contributed by atoms with E-state index >= 15 is 0 Å². The number of methoxy groups -OCH3 is 2. The average molecular weight is 543 g/mol. The Morgan fingerprint density at radius 2 is 1.77 bits per heavy atom. The van der Waals surface area contributed by atoms with Crippen LogP contribution in [0, 0.1) is 0 Å². The van der Waals surface area contributed by atoms with Crippen LogP contribution in [-0.4, -0.2) is 36.5 Å². The number of hydrogen-bond acceptors (Lipinski definition) is 8. The monoisotopic (exact) mass is 542 g/mol. The van der Waals surface area contributed by atoms with Crippen molar-refractivity contribution in [2.75, 3.05) is 20.8 Å². The van der Waals surface area contributed by atoms with Crippen molar-refractivity contribution >= 4 is 29.1 Å². The number of rotatable bonds is 7. The Balaban J connectivity index is 1.88. The molecular formula is C30H26N2O6S. The molecule has 0 amide bonds. The summed E-state index contributed by atoms with van der Waals surface area (Å²) in [5.41, 5.74) is 2.32. The number of phenols is 1. The highest BCUT2D eigenvalue weighted by Gasteiger charge is 2.37. The molecule has 1 aliphatic rings. The molecule has 0 radical (unpaired) electrons. The average Bonchev–Trinajstić information content (AvgIpc) is 3.27. The number of carbonyl (C=O) groups is 1. The molecule has 0 spiro atoms. The van der Waals surface area contributed by atoms with Crippen LogP contribution in [0.1, 0.15) is 29.7 Å². The van der Waals surface area contributed by atoms with Crippen LogP contribution in [0.2, 0.25) is 0 Å². The van der Waals surface area contributed by atoms with Gasteiger partial charge >= 0.3 is 5.97 Å². The first-order valence-corrected chi connectivity index (χ1v) is 13.1. The number of aromatic nitrogens is 1. The number of fused-ring (bicyclic) bond motifs is 1. The number of benzene rings is 3. The van der Waals surface area contributed by atoms with E-state index in [1.807, 2.05) is 30.3 Å². The number of hydrogen-bond donors (Lipinski definition) is 1. The molecule has 0 unspecified atom stereocenters. The van der Waals surface area contributed by atoms with Crippen LogP contribution in [0.5, 0.6) is 17.2 Å². The molecule has 0 aliphatic carbocycles. The standard InChI is InChI=1S/C30H26N2O6S/c1-4-38-29(35)24-25(19-9-6-5-7-10-19)31-30-32(26(24)21-11-8-12-22(36-2)27(21)37-3)28(34)23(39-30)17-18-13-15-20(33)16-14-18/h5-17,26,33H,4H2,1-3H3/t26-/m1/s1. The normalized spacial score (nSPS) is 14.9. The number of ether oxygens (including phenoxy) is 3. The maximum atomic E-state index is 14.0. The minimum Gasteiger partial charge on any atom is -0.508 e. The second-order valence-corrected chi connectivity index (χ2v) is 9.61. The predicted octanol–water partition coefficient (Wildman–Crippen LogP) is 3.66. The van der Waals surface area contributed by atoms with Gasteiger partial charge < -0.3 is 19.3 Å². The van der Waals surface area contributed by atoms with E-state index < -0.39 is 12.0 Å². The first kappa shape index (κ1) is 26.0. The fourth-order valence-corrected chi connectivity index (χ4v) is 5.58. The second kappa shape index (κ2) is 11.0. The first-order valence-electron chi connectivity index (χ1n) is 12.2. The molecule has 8 nitrogen and oxygen atoms in total. The van der Waals surface area contributed by atoms with Crippen LogP contribution in [0.25, 0.3) is 11.8 Å². The Morgan fingerprint density at radius 1 is 1.03 bits per heavy atom. The van der Waals surface area contributed by atoms with Gasteiger partial charge in [-0.1, -0.05) is 65.9 Å².